The van der Waals surface area contributed by atoms with Crippen molar-refractivity contribution in [3.63, 3.8) is 0 Å². The van der Waals surface area contributed by atoms with Gasteiger partial charge in [-0.3, -0.25) is 0 Å². The van der Waals surface area contributed by atoms with E-state index in [1.807, 2.05) is 32.0 Å². The van der Waals surface area contributed by atoms with Gasteiger partial charge in [-0.25, -0.2) is 0 Å². The average molecular weight is 426 g/mol. The van der Waals surface area contributed by atoms with Gasteiger partial charge in [0.2, 0.25) is 0 Å². The molecule has 0 radical (unpaired) electrons. The molecule has 6 heteroatoms. The van der Waals surface area contributed by atoms with E-state index in [2.05, 4.69) is 5.32 Å². The third-order valence-corrected chi connectivity index (χ3v) is 5.26. The Morgan fingerprint density at radius 1 is 1.07 bits per heavy atom. The van der Waals surface area contributed by atoms with Gasteiger partial charge in [0.05, 0.1) is 6.61 Å². The Labute approximate surface area is 180 Å². The van der Waals surface area contributed by atoms with Crippen LogP contribution >= 0.6 is 23.8 Å². The smallest absolute Gasteiger partial charge is 0.288 e. The second-order valence-electron chi connectivity index (χ2n) is 6.68. The number of halogens is 1. The second-order valence-corrected chi connectivity index (χ2v) is 7.53. The molecule has 148 valence electrons. The summed E-state index contributed by atoms with van der Waals surface area (Å²) >= 11 is 11.7. The topological polar surface area (TPSA) is 56.4 Å². The number of aliphatic hydroxyl groups is 2. The summed E-state index contributed by atoms with van der Waals surface area (Å²) in [5.41, 5.74) is 4.77. The van der Waals surface area contributed by atoms with E-state index in [1.54, 1.807) is 53.4 Å². The van der Waals surface area contributed by atoms with Gasteiger partial charge in [-0.2, -0.15) is 4.57 Å². The third kappa shape index (κ3) is 4.82. The van der Waals surface area contributed by atoms with Crippen molar-refractivity contribution < 1.29 is 14.8 Å². The van der Waals surface area contributed by atoms with Crippen LogP contribution in [0, 0.1) is 13.8 Å². The number of benzene rings is 2. The van der Waals surface area contributed by atoms with Gasteiger partial charge in [0.15, 0.2) is 23.1 Å². The van der Waals surface area contributed by atoms with Gasteiger partial charge in [0.1, 0.15) is 0 Å². The molecule has 0 fully saturated rings. The molecule has 3 aromatic rings. The molecule has 0 atom stereocenters. The van der Waals surface area contributed by atoms with E-state index in [9.17, 15) is 10.2 Å². The summed E-state index contributed by atoms with van der Waals surface area (Å²) in [7, 11) is 0. The van der Waals surface area contributed by atoms with E-state index in [-0.39, 0.29) is 12.4 Å². The van der Waals surface area contributed by atoms with Crippen molar-refractivity contribution in [1.82, 2.24) is 0 Å². The Kier molecular flexibility index (Phi) is 6.64. The summed E-state index contributed by atoms with van der Waals surface area (Å²) in [6.07, 6.45) is 3.51. The highest BCUT2D eigenvalue weighted by Crippen LogP contribution is 2.23. The highest BCUT2D eigenvalue weighted by Gasteiger charge is 2.24. The van der Waals surface area contributed by atoms with Crippen molar-refractivity contribution in [2.24, 2.45) is 0 Å². The van der Waals surface area contributed by atoms with Crippen LogP contribution in [0.1, 0.15) is 22.3 Å². The summed E-state index contributed by atoms with van der Waals surface area (Å²) in [4.78, 5) is 0.353. The molecule has 0 unspecified atom stereocenters. The number of aliphatic hydroxyl groups excluding tert-OH is 2. The van der Waals surface area contributed by atoms with Crippen LogP contribution in [0.3, 0.4) is 0 Å². The molecule has 3 rings (SSSR count). The number of aromatic nitrogens is 1. The fourth-order valence-electron chi connectivity index (χ4n) is 2.92. The van der Waals surface area contributed by atoms with Crippen molar-refractivity contribution in [3.8, 4) is 0 Å². The summed E-state index contributed by atoms with van der Waals surface area (Å²) in [6.45, 7) is 3.93. The van der Waals surface area contributed by atoms with Crippen molar-refractivity contribution in [2.45, 2.75) is 20.5 Å². The molecular weight excluding hydrogens is 404 g/mol. The molecule has 2 aromatic carbocycles. The minimum absolute atomic E-state index is 0.00422. The SMILES string of the molecule is Cc1cccc(NC(=S)/C(=C(\O)c2ccc(Cl)cc2)[n+]2cccc(CO)c2)c1C. The van der Waals surface area contributed by atoms with Crippen LogP contribution in [0.15, 0.2) is 67.0 Å². The maximum atomic E-state index is 11.1. The molecule has 3 N–H and O–H groups in total. The first kappa shape index (κ1) is 21.0. The Morgan fingerprint density at radius 2 is 1.79 bits per heavy atom. The minimum Gasteiger partial charge on any atom is -0.502 e. The predicted octanol–water partition coefficient (Wildman–Crippen LogP) is 5.06. The number of pyridine rings is 1. The van der Waals surface area contributed by atoms with E-state index >= 15 is 0 Å². The van der Waals surface area contributed by atoms with E-state index in [0.717, 1.165) is 16.8 Å². The van der Waals surface area contributed by atoms with Gasteiger partial charge in [-0.1, -0.05) is 36.0 Å². The zero-order valence-corrected chi connectivity index (χ0v) is 17.8. The summed E-state index contributed by atoms with van der Waals surface area (Å²) in [5.74, 6) is 0.00422. The van der Waals surface area contributed by atoms with E-state index in [1.165, 1.54) is 0 Å². The largest absolute Gasteiger partial charge is 0.502 e. The molecule has 0 saturated carbocycles. The lowest BCUT2D eigenvalue weighted by atomic mass is 10.1. The lowest BCUT2D eigenvalue weighted by Gasteiger charge is -2.13. The zero-order valence-electron chi connectivity index (χ0n) is 16.2. The Balaban J connectivity index is 2.11. The molecule has 0 aliphatic carbocycles. The number of nitrogens with one attached hydrogen (secondary N) is 1. The lowest BCUT2D eigenvalue weighted by Crippen LogP contribution is -2.39. The zero-order chi connectivity index (χ0) is 21.0. The molecule has 1 aromatic heterocycles. The first-order valence-electron chi connectivity index (χ1n) is 9.09. The van der Waals surface area contributed by atoms with E-state index in [0.29, 0.717) is 26.8 Å². The van der Waals surface area contributed by atoms with Crippen LogP contribution in [-0.4, -0.2) is 15.2 Å². The summed E-state index contributed by atoms with van der Waals surface area (Å²) < 4.78 is 1.70. The number of thiocarbonyl (C=S) groups is 1. The maximum absolute atomic E-state index is 11.1. The average Bonchev–Trinajstić information content (AvgIpc) is 2.72. The second kappa shape index (κ2) is 9.18. The van der Waals surface area contributed by atoms with Gasteiger partial charge in [0, 0.05) is 27.9 Å². The van der Waals surface area contributed by atoms with Gasteiger partial charge in [0.25, 0.3) is 5.70 Å². The summed E-state index contributed by atoms with van der Waals surface area (Å²) in [6, 6.07) is 16.4. The number of anilines is 1. The van der Waals surface area contributed by atoms with Crippen LogP contribution < -0.4 is 9.88 Å². The summed E-state index contributed by atoms with van der Waals surface area (Å²) in [5, 5.41) is 24.4. The fourth-order valence-corrected chi connectivity index (χ4v) is 3.35. The molecule has 29 heavy (non-hydrogen) atoms. The normalized spacial score (nSPS) is 11.7. The molecule has 0 aliphatic heterocycles. The molecule has 0 bridgehead atoms. The molecule has 0 saturated heterocycles. The van der Waals surface area contributed by atoms with Crippen molar-refractivity contribution in [2.75, 3.05) is 5.32 Å². The highest BCUT2D eigenvalue weighted by atomic mass is 35.5. The Morgan fingerprint density at radius 3 is 2.48 bits per heavy atom. The molecule has 4 nitrogen and oxygen atoms in total. The first-order valence-corrected chi connectivity index (χ1v) is 9.87. The van der Waals surface area contributed by atoms with Crippen LogP contribution in [-0.2, 0) is 6.61 Å². The van der Waals surface area contributed by atoms with Gasteiger partial charge < -0.3 is 15.5 Å². The van der Waals surface area contributed by atoms with Gasteiger partial charge >= 0.3 is 0 Å². The first-order chi connectivity index (χ1) is 13.9. The number of nitrogens with zero attached hydrogens (tertiary/aromatic N) is 1. The molecule has 1 heterocycles. The van der Waals surface area contributed by atoms with Crippen LogP contribution in [0.2, 0.25) is 5.02 Å². The predicted molar refractivity (Wildman–Crippen MR) is 122 cm³/mol. The molecular formula is C23H22ClN2O2S+. The highest BCUT2D eigenvalue weighted by molar-refractivity contribution is 7.81. The van der Waals surface area contributed by atoms with E-state index in [4.69, 9.17) is 23.8 Å². The lowest BCUT2D eigenvalue weighted by molar-refractivity contribution is -0.576. The van der Waals surface area contributed by atoms with Crippen LogP contribution in [0.5, 0.6) is 0 Å². The minimum atomic E-state index is -0.118. The number of hydrogen-bond donors (Lipinski definition) is 3. The van der Waals surface area contributed by atoms with Crippen LogP contribution in [0.4, 0.5) is 5.69 Å². The van der Waals surface area contributed by atoms with Crippen LogP contribution in [0.25, 0.3) is 11.5 Å². The number of aryl methyl sites for hydroxylation is 1. The number of hydrogen-bond acceptors (Lipinski definition) is 3. The maximum Gasteiger partial charge on any atom is 0.288 e. The van der Waals surface area contributed by atoms with E-state index < -0.39 is 0 Å². The Bertz CT molecular complexity index is 1080. The fraction of sp³-hybridized carbons (Fsp3) is 0.130. The monoisotopic (exact) mass is 425 g/mol. The van der Waals surface area contributed by atoms with Crippen molar-refractivity contribution in [3.05, 3.63) is 94.3 Å². The van der Waals surface area contributed by atoms with Crippen molar-refractivity contribution in [1.29, 1.82) is 0 Å². The Hall–Kier alpha value is -2.73. The van der Waals surface area contributed by atoms with Gasteiger partial charge in [-0.15, -0.1) is 0 Å². The molecule has 0 amide bonds. The van der Waals surface area contributed by atoms with Crippen molar-refractivity contribution >= 4 is 46.0 Å². The quantitative estimate of drug-likeness (QED) is 0.231. The number of rotatable bonds is 5. The molecule has 0 spiro atoms. The third-order valence-electron chi connectivity index (χ3n) is 4.71. The van der Waals surface area contributed by atoms with Gasteiger partial charge in [-0.05, 0) is 61.4 Å². The standard InChI is InChI=1S/C23H21ClN2O2S/c1-15-5-3-7-20(16(15)2)25-23(29)21(26-12-4-6-17(13-26)14-27)22(28)18-8-10-19(24)11-9-18/h3-13,27H,14H2,1-2H3,(H-,25,28,29)/p+1. The molecule has 0 aliphatic rings.